The number of rotatable bonds is 4. The van der Waals surface area contributed by atoms with Crippen molar-refractivity contribution in [2.24, 2.45) is 0 Å². The van der Waals surface area contributed by atoms with Crippen LogP contribution in [0.5, 0.6) is 0 Å². The van der Waals surface area contributed by atoms with E-state index in [0.29, 0.717) is 22.1 Å². The number of hydrogen-bond donors (Lipinski definition) is 1. The van der Waals surface area contributed by atoms with Crippen LogP contribution in [0.15, 0.2) is 59.4 Å². The third-order valence-corrected chi connectivity index (χ3v) is 4.37. The first-order chi connectivity index (χ1) is 12.5. The summed E-state index contributed by atoms with van der Waals surface area (Å²) < 4.78 is 1.50. The number of nitrogens with one attached hydrogen (secondary N) is 1. The number of aryl methyl sites for hydroxylation is 2. The number of amides is 1. The van der Waals surface area contributed by atoms with E-state index in [1.807, 2.05) is 31.2 Å². The minimum Gasteiger partial charge on any atom is -0.320 e. The fourth-order valence-electron chi connectivity index (χ4n) is 2.70. The highest BCUT2D eigenvalue weighted by Gasteiger charge is 2.17. The molecule has 1 N–H and O–H groups in total. The standard InChI is InChI=1S/C20H18ClN3O2/c1-3-14-8-4-6-10-16(14)22-20(26)19-18(25)12-13(2)24(23-19)17-11-7-5-9-15(17)21/h4-12H,3H2,1-2H3,(H,22,26). The maximum absolute atomic E-state index is 12.7. The van der Waals surface area contributed by atoms with Gasteiger partial charge in [-0.1, -0.05) is 48.9 Å². The van der Waals surface area contributed by atoms with Gasteiger partial charge in [0.25, 0.3) is 5.91 Å². The lowest BCUT2D eigenvalue weighted by Crippen LogP contribution is -2.27. The van der Waals surface area contributed by atoms with Gasteiger partial charge in [0.2, 0.25) is 5.43 Å². The quantitative estimate of drug-likeness (QED) is 0.757. The lowest BCUT2D eigenvalue weighted by atomic mass is 10.1. The van der Waals surface area contributed by atoms with Gasteiger partial charge in [-0.25, -0.2) is 4.68 Å². The molecule has 0 saturated carbocycles. The van der Waals surface area contributed by atoms with Gasteiger partial charge in [0.05, 0.1) is 10.7 Å². The molecule has 1 aromatic heterocycles. The molecular weight excluding hydrogens is 350 g/mol. The lowest BCUT2D eigenvalue weighted by Gasteiger charge is -2.13. The van der Waals surface area contributed by atoms with Crippen molar-refractivity contribution < 1.29 is 4.79 Å². The Labute approximate surface area is 156 Å². The van der Waals surface area contributed by atoms with Crippen molar-refractivity contribution in [3.8, 4) is 5.69 Å². The predicted octanol–water partition coefficient (Wildman–Crippen LogP) is 4.01. The highest BCUT2D eigenvalue weighted by molar-refractivity contribution is 6.32. The predicted molar refractivity (Wildman–Crippen MR) is 103 cm³/mol. The summed E-state index contributed by atoms with van der Waals surface area (Å²) in [5.41, 5.74) is 2.24. The normalized spacial score (nSPS) is 10.6. The Morgan fingerprint density at radius 3 is 2.58 bits per heavy atom. The summed E-state index contributed by atoms with van der Waals surface area (Å²) in [6.45, 7) is 3.74. The molecule has 3 rings (SSSR count). The zero-order valence-electron chi connectivity index (χ0n) is 14.5. The zero-order valence-corrected chi connectivity index (χ0v) is 15.2. The summed E-state index contributed by atoms with van der Waals surface area (Å²) >= 11 is 6.23. The second-order valence-corrected chi connectivity index (χ2v) is 6.23. The molecule has 0 unspecified atom stereocenters. The molecule has 0 saturated heterocycles. The molecule has 0 atom stereocenters. The van der Waals surface area contributed by atoms with Gasteiger partial charge < -0.3 is 5.32 Å². The first-order valence-corrected chi connectivity index (χ1v) is 8.64. The van der Waals surface area contributed by atoms with Gasteiger partial charge in [0.15, 0.2) is 5.69 Å². The molecule has 0 fully saturated rings. The van der Waals surface area contributed by atoms with Gasteiger partial charge in [-0.05, 0) is 37.1 Å². The average Bonchev–Trinajstić information content (AvgIpc) is 2.63. The maximum atomic E-state index is 12.7. The Morgan fingerprint density at radius 2 is 1.85 bits per heavy atom. The molecule has 3 aromatic rings. The van der Waals surface area contributed by atoms with Gasteiger partial charge >= 0.3 is 0 Å². The highest BCUT2D eigenvalue weighted by Crippen LogP contribution is 2.20. The van der Waals surface area contributed by atoms with Crippen molar-refractivity contribution in [1.29, 1.82) is 0 Å². The van der Waals surface area contributed by atoms with E-state index in [-0.39, 0.29) is 5.69 Å². The number of nitrogens with zero attached hydrogens (tertiary/aromatic N) is 2. The molecule has 6 heteroatoms. The SMILES string of the molecule is CCc1ccccc1NC(=O)c1nn(-c2ccccc2Cl)c(C)cc1=O. The maximum Gasteiger partial charge on any atom is 0.280 e. The highest BCUT2D eigenvalue weighted by atomic mass is 35.5. The van der Waals surface area contributed by atoms with E-state index in [1.165, 1.54) is 10.7 Å². The number of aromatic nitrogens is 2. The van der Waals surface area contributed by atoms with Gasteiger partial charge in [-0.2, -0.15) is 5.10 Å². The van der Waals surface area contributed by atoms with E-state index >= 15 is 0 Å². The van der Waals surface area contributed by atoms with Crippen molar-refractivity contribution in [3.63, 3.8) is 0 Å². The monoisotopic (exact) mass is 367 g/mol. The molecule has 26 heavy (non-hydrogen) atoms. The molecule has 1 heterocycles. The van der Waals surface area contributed by atoms with Crippen LogP contribution in [-0.2, 0) is 6.42 Å². The van der Waals surface area contributed by atoms with Crippen molar-refractivity contribution in [2.75, 3.05) is 5.32 Å². The van der Waals surface area contributed by atoms with E-state index < -0.39 is 11.3 Å². The molecule has 0 bridgehead atoms. The van der Waals surface area contributed by atoms with Crippen LogP contribution in [0.25, 0.3) is 5.69 Å². The topological polar surface area (TPSA) is 64.0 Å². The van der Waals surface area contributed by atoms with Gasteiger partial charge in [0, 0.05) is 17.4 Å². The molecule has 132 valence electrons. The van der Waals surface area contributed by atoms with Crippen LogP contribution < -0.4 is 10.7 Å². The average molecular weight is 368 g/mol. The number of para-hydroxylation sites is 2. The van der Waals surface area contributed by atoms with Crippen molar-refractivity contribution >= 4 is 23.2 Å². The Hall–Kier alpha value is -2.92. The van der Waals surface area contributed by atoms with Crippen LogP contribution in [0, 0.1) is 6.92 Å². The van der Waals surface area contributed by atoms with Crippen LogP contribution in [0.2, 0.25) is 5.02 Å². The van der Waals surface area contributed by atoms with E-state index in [9.17, 15) is 9.59 Å². The molecule has 0 aliphatic rings. The number of benzene rings is 2. The Kier molecular flexibility index (Phi) is 5.19. The van der Waals surface area contributed by atoms with Crippen LogP contribution in [-0.4, -0.2) is 15.7 Å². The van der Waals surface area contributed by atoms with Crippen molar-refractivity contribution in [1.82, 2.24) is 9.78 Å². The molecule has 0 radical (unpaired) electrons. The summed E-state index contributed by atoms with van der Waals surface area (Å²) in [4.78, 5) is 25.0. The van der Waals surface area contributed by atoms with Gasteiger partial charge in [0.1, 0.15) is 0 Å². The molecule has 0 aliphatic heterocycles. The largest absolute Gasteiger partial charge is 0.320 e. The van der Waals surface area contributed by atoms with E-state index in [2.05, 4.69) is 10.4 Å². The molecular formula is C20H18ClN3O2. The van der Waals surface area contributed by atoms with Crippen LogP contribution in [0.4, 0.5) is 5.69 Å². The third-order valence-electron chi connectivity index (χ3n) is 4.05. The third kappa shape index (κ3) is 3.53. The summed E-state index contributed by atoms with van der Waals surface area (Å²) in [6.07, 6.45) is 0.766. The zero-order chi connectivity index (χ0) is 18.7. The Bertz CT molecular complexity index is 1030. The molecule has 1 amide bonds. The number of carbonyl (C=O) groups is 1. The van der Waals surface area contributed by atoms with Gasteiger partial charge in [-0.3, -0.25) is 9.59 Å². The first-order valence-electron chi connectivity index (χ1n) is 8.26. The minimum absolute atomic E-state index is 0.179. The van der Waals surface area contributed by atoms with E-state index in [4.69, 9.17) is 11.6 Å². The van der Waals surface area contributed by atoms with Gasteiger partial charge in [-0.15, -0.1) is 0 Å². The minimum atomic E-state index is -0.545. The number of halogens is 1. The Balaban J connectivity index is 2.03. The van der Waals surface area contributed by atoms with Crippen molar-refractivity contribution in [2.45, 2.75) is 20.3 Å². The van der Waals surface area contributed by atoms with E-state index in [1.54, 1.807) is 31.2 Å². The fourth-order valence-corrected chi connectivity index (χ4v) is 2.92. The second-order valence-electron chi connectivity index (χ2n) is 5.83. The smallest absolute Gasteiger partial charge is 0.280 e. The lowest BCUT2D eigenvalue weighted by molar-refractivity contribution is 0.101. The fraction of sp³-hybridized carbons (Fsp3) is 0.150. The summed E-state index contributed by atoms with van der Waals surface area (Å²) in [7, 11) is 0. The molecule has 0 aliphatic carbocycles. The second kappa shape index (κ2) is 7.54. The number of hydrogen-bond acceptors (Lipinski definition) is 3. The molecule has 5 nitrogen and oxygen atoms in total. The summed E-state index contributed by atoms with van der Waals surface area (Å²) in [5, 5.41) is 7.53. The number of anilines is 1. The van der Waals surface area contributed by atoms with Crippen LogP contribution >= 0.6 is 11.6 Å². The molecule has 0 spiro atoms. The molecule has 2 aromatic carbocycles. The van der Waals surface area contributed by atoms with Crippen LogP contribution in [0.3, 0.4) is 0 Å². The van der Waals surface area contributed by atoms with E-state index in [0.717, 1.165) is 12.0 Å². The summed E-state index contributed by atoms with van der Waals surface area (Å²) in [5.74, 6) is -0.545. The van der Waals surface area contributed by atoms with Crippen molar-refractivity contribution in [3.05, 3.63) is 86.8 Å². The summed E-state index contributed by atoms with van der Waals surface area (Å²) in [6, 6.07) is 16.0. The first kappa shape index (κ1) is 17.9. The van der Waals surface area contributed by atoms with Crippen LogP contribution in [0.1, 0.15) is 28.7 Å². The Morgan fingerprint density at radius 1 is 1.15 bits per heavy atom. The number of carbonyl (C=O) groups excluding carboxylic acids is 1.